The number of nitrogens with zero attached hydrogens (tertiary/aromatic N) is 2. The van der Waals surface area contributed by atoms with E-state index in [9.17, 15) is 0 Å². The summed E-state index contributed by atoms with van der Waals surface area (Å²) in [5.74, 6) is 0.631. The predicted molar refractivity (Wildman–Crippen MR) is 57.2 cm³/mol. The van der Waals surface area contributed by atoms with Gasteiger partial charge in [0.2, 0.25) is 5.88 Å². The van der Waals surface area contributed by atoms with Gasteiger partial charge < -0.3 is 4.74 Å². The van der Waals surface area contributed by atoms with Crippen molar-refractivity contribution in [2.75, 3.05) is 0 Å². The first-order chi connectivity index (χ1) is 6.84. The molecule has 1 heterocycles. The highest BCUT2D eigenvalue weighted by atomic mass is 79.9. The lowest BCUT2D eigenvalue weighted by Gasteiger charge is -2.21. The van der Waals surface area contributed by atoms with Crippen molar-refractivity contribution in [3.05, 3.63) is 17.0 Å². The summed E-state index contributed by atoms with van der Waals surface area (Å²) in [5, 5.41) is 0. The first-order valence-electron chi connectivity index (χ1n) is 4.99. The normalized spacial score (nSPS) is 18.1. The summed E-state index contributed by atoms with van der Waals surface area (Å²) < 4.78 is 6.46. The Morgan fingerprint density at radius 1 is 1.21 bits per heavy atom. The number of aromatic nitrogens is 2. The van der Waals surface area contributed by atoms with Crippen molar-refractivity contribution in [2.24, 2.45) is 0 Å². The Morgan fingerprint density at radius 2 is 2.00 bits per heavy atom. The van der Waals surface area contributed by atoms with Crippen molar-refractivity contribution >= 4 is 15.9 Å². The van der Waals surface area contributed by atoms with Crippen LogP contribution >= 0.6 is 15.9 Å². The molecule has 0 N–H and O–H groups in total. The highest BCUT2D eigenvalue weighted by molar-refractivity contribution is 9.10. The highest BCUT2D eigenvalue weighted by Gasteiger charge is 2.15. The van der Waals surface area contributed by atoms with Crippen molar-refractivity contribution in [2.45, 2.75) is 38.2 Å². The Labute approximate surface area is 92.0 Å². The molecule has 1 aromatic heterocycles. The standard InChI is InChI=1S/C10H13BrN2O/c11-9-6-12-7-10(13-9)14-8-4-2-1-3-5-8/h6-8H,1-5H2. The van der Waals surface area contributed by atoms with Crippen molar-refractivity contribution < 1.29 is 4.74 Å². The molecule has 0 unspecified atom stereocenters. The van der Waals surface area contributed by atoms with Gasteiger partial charge in [0, 0.05) is 0 Å². The Hall–Kier alpha value is -0.640. The van der Waals surface area contributed by atoms with E-state index in [1.165, 1.54) is 19.3 Å². The molecule has 0 aliphatic heterocycles. The lowest BCUT2D eigenvalue weighted by atomic mass is 9.98. The van der Waals surface area contributed by atoms with Crippen LogP contribution in [-0.2, 0) is 0 Å². The van der Waals surface area contributed by atoms with Crippen molar-refractivity contribution in [1.29, 1.82) is 0 Å². The first-order valence-corrected chi connectivity index (χ1v) is 5.78. The zero-order valence-electron chi connectivity index (χ0n) is 7.95. The van der Waals surface area contributed by atoms with Crippen LogP contribution in [0.4, 0.5) is 0 Å². The van der Waals surface area contributed by atoms with Crippen molar-refractivity contribution in [3.8, 4) is 5.88 Å². The first kappa shape index (κ1) is 9.90. The Kier molecular flexibility index (Phi) is 3.35. The summed E-state index contributed by atoms with van der Waals surface area (Å²) in [4.78, 5) is 8.21. The number of rotatable bonds is 2. The van der Waals surface area contributed by atoms with Crippen molar-refractivity contribution in [1.82, 2.24) is 9.97 Å². The predicted octanol–water partition coefficient (Wildman–Crippen LogP) is 2.95. The minimum Gasteiger partial charge on any atom is -0.473 e. The molecule has 4 heteroatoms. The van der Waals surface area contributed by atoms with Gasteiger partial charge in [-0.3, -0.25) is 4.98 Å². The van der Waals surface area contributed by atoms with E-state index in [-0.39, 0.29) is 0 Å². The van der Waals surface area contributed by atoms with Crippen LogP contribution in [0, 0.1) is 0 Å². The quantitative estimate of drug-likeness (QED) is 0.817. The second-order valence-corrected chi connectivity index (χ2v) is 4.37. The van der Waals surface area contributed by atoms with Crippen LogP contribution in [0.5, 0.6) is 5.88 Å². The molecule has 76 valence electrons. The molecule has 0 amide bonds. The third kappa shape index (κ3) is 2.67. The van der Waals surface area contributed by atoms with Gasteiger partial charge in [-0.05, 0) is 41.6 Å². The molecule has 1 fully saturated rings. The summed E-state index contributed by atoms with van der Waals surface area (Å²) in [6.07, 6.45) is 9.84. The molecule has 0 bridgehead atoms. The molecule has 0 aromatic carbocycles. The summed E-state index contributed by atoms with van der Waals surface area (Å²) in [7, 11) is 0. The molecule has 3 nitrogen and oxygen atoms in total. The molecule has 2 rings (SSSR count). The van der Waals surface area contributed by atoms with Crippen LogP contribution in [0.1, 0.15) is 32.1 Å². The third-order valence-electron chi connectivity index (χ3n) is 2.42. The van der Waals surface area contributed by atoms with Crippen LogP contribution in [0.25, 0.3) is 0 Å². The average molecular weight is 257 g/mol. The second kappa shape index (κ2) is 4.73. The van der Waals surface area contributed by atoms with E-state index < -0.39 is 0 Å². The van der Waals surface area contributed by atoms with E-state index in [0.29, 0.717) is 12.0 Å². The lowest BCUT2D eigenvalue weighted by molar-refractivity contribution is 0.148. The number of hydrogen-bond acceptors (Lipinski definition) is 3. The molecule has 1 aromatic rings. The van der Waals surface area contributed by atoms with E-state index in [1.54, 1.807) is 12.4 Å². The van der Waals surface area contributed by atoms with Gasteiger partial charge in [0.05, 0.1) is 12.4 Å². The topological polar surface area (TPSA) is 35.0 Å². The number of hydrogen-bond donors (Lipinski definition) is 0. The molecule has 0 spiro atoms. The van der Waals surface area contributed by atoms with Gasteiger partial charge in [-0.15, -0.1) is 0 Å². The summed E-state index contributed by atoms with van der Waals surface area (Å²) in [6, 6.07) is 0. The lowest BCUT2D eigenvalue weighted by Crippen LogP contribution is -2.20. The van der Waals surface area contributed by atoms with Crippen LogP contribution in [0.2, 0.25) is 0 Å². The molecule has 0 radical (unpaired) electrons. The van der Waals surface area contributed by atoms with Crippen LogP contribution in [-0.4, -0.2) is 16.1 Å². The molecular weight excluding hydrogens is 244 g/mol. The van der Waals surface area contributed by atoms with Gasteiger partial charge in [-0.2, -0.15) is 0 Å². The molecule has 14 heavy (non-hydrogen) atoms. The minimum atomic E-state index is 0.340. The number of halogens is 1. The molecule has 1 aliphatic rings. The molecule has 0 saturated heterocycles. The zero-order chi connectivity index (χ0) is 9.80. The zero-order valence-corrected chi connectivity index (χ0v) is 9.53. The maximum Gasteiger partial charge on any atom is 0.233 e. The van der Waals surface area contributed by atoms with E-state index in [1.807, 2.05) is 0 Å². The van der Waals surface area contributed by atoms with Gasteiger partial charge in [0.15, 0.2) is 0 Å². The highest BCUT2D eigenvalue weighted by Crippen LogP contribution is 2.22. The maximum atomic E-state index is 5.73. The Morgan fingerprint density at radius 3 is 2.71 bits per heavy atom. The molecule has 0 atom stereocenters. The Bertz CT molecular complexity index is 300. The van der Waals surface area contributed by atoms with E-state index >= 15 is 0 Å². The van der Waals surface area contributed by atoms with Crippen LogP contribution < -0.4 is 4.74 Å². The van der Waals surface area contributed by atoms with Crippen LogP contribution in [0.15, 0.2) is 17.0 Å². The van der Waals surface area contributed by atoms with E-state index in [4.69, 9.17) is 4.74 Å². The van der Waals surface area contributed by atoms with E-state index in [0.717, 1.165) is 17.4 Å². The maximum absolute atomic E-state index is 5.73. The SMILES string of the molecule is Brc1cncc(OC2CCCCC2)n1. The summed E-state index contributed by atoms with van der Waals surface area (Å²) >= 11 is 3.27. The van der Waals surface area contributed by atoms with Gasteiger partial charge in [0.1, 0.15) is 10.7 Å². The average Bonchev–Trinajstić information content (AvgIpc) is 2.19. The van der Waals surface area contributed by atoms with Gasteiger partial charge in [0.25, 0.3) is 0 Å². The largest absolute Gasteiger partial charge is 0.473 e. The molecule has 1 saturated carbocycles. The Balaban J connectivity index is 1.95. The van der Waals surface area contributed by atoms with Gasteiger partial charge in [-0.25, -0.2) is 4.98 Å². The number of ether oxygens (including phenoxy) is 1. The fourth-order valence-electron chi connectivity index (χ4n) is 1.74. The third-order valence-corrected chi connectivity index (χ3v) is 2.80. The minimum absolute atomic E-state index is 0.340. The summed E-state index contributed by atoms with van der Waals surface area (Å²) in [5.41, 5.74) is 0. The van der Waals surface area contributed by atoms with Gasteiger partial charge >= 0.3 is 0 Å². The molecule has 1 aliphatic carbocycles. The van der Waals surface area contributed by atoms with E-state index in [2.05, 4.69) is 25.9 Å². The second-order valence-electron chi connectivity index (χ2n) is 3.56. The molecular formula is C10H13BrN2O. The van der Waals surface area contributed by atoms with Crippen molar-refractivity contribution in [3.63, 3.8) is 0 Å². The summed E-state index contributed by atoms with van der Waals surface area (Å²) in [6.45, 7) is 0. The van der Waals surface area contributed by atoms with Crippen LogP contribution in [0.3, 0.4) is 0 Å². The fourth-order valence-corrected chi connectivity index (χ4v) is 2.03. The van der Waals surface area contributed by atoms with Gasteiger partial charge in [-0.1, -0.05) is 6.42 Å². The fraction of sp³-hybridized carbons (Fsp3) is 0.600. The monoisotopic (exact) mass is 256 g/mol. The smallest absolute Gasteiger partial charge is 0.233 e.